The van der Waals surface area contributed by atoms with E-state index in [1.807, 2.05) is 13.1 Å². The first-order valence-corrected chi connectivity index (χ1v) is 5.17. The molecule has 0 saturated heterocycles. The minimum Gasteiger partial charge on any atom is -0.383 e. The largest absolute Gasteiger partial charge is 0.383 e. The quantitative estimate of drug-likeness (QED) is 0.594. The second-order valence-electron chi connectivity index (χ2n) is 3.75. The summed E-state index contributed by atoms with van der Waals surface area (Å²) in [5, 5.41) is 3.19. The van der Waals surface area contributed by atoms with Crippen LogP contribution in [-0.4, -0.2) is 50.8 Å². The van der Waals surface area contributed by atoms with Crippen LogP contribution >= 0.6 is 0 Å². The lowest BCUT2D eigenvalue weighted by molar-refractivity contribution is 0.0790. The average molecular weight is 200 g/mol. The van der Waals surface area contributed by atoms with Crippen molar-refractivity contribution >= 4 is 0 Å². The van der Waals surface area contributed by atoms with Gasteiger partial charge in [-0.05, 0) is 20.9 Å². The molecule has 0 amide bonds. The zero-order valence-electron chi connectivity index (χ0n) is 9.92. The lowest BCUT2D eigenvalue weighted by atomic mass is 10.2. The van der Waals surface area contributed by atoms with Gasteiger partial charge in [0.05, 0.1) is 6.61 Å². The second kappa shape index (κ2) is 7.97. The molecule has 0 aromatic rings. The number of rotatable bonds is 8. The van der Waals surface area contributed by atoms with Crippen LogP contribution in [-0.2, 0) is 4.74 Å². The van der Waals surface area contributed by atoms with Gasteiger partial charge in [-0.25, -0.2) is 0 Å². The molecule has 0 aliphatic rings. The molecule has 0 saturated carbocycles. The summed E-state index contributed by atoms with van der Waals surface area (Å²) in [6, 6.07) is 0.935. The molecule has 0 aliphatic heterocycles. The van der Waals surface area contributed by atoms with Crippen molar-refractivity contribution in [2.45, 2.75) is 25.9 Å². The lowest BCUT2D eigenvalue weighted by Gasteiger charge is -2.33. The van der Waals surface area contributed by atoms with Gasteiger partial charge in [-0.3, -0.25) is 4.90 Å². The van der Waals surface area contributed by atoms with Gasteiger partial charge < -0.3 is 10.1 Å². The molecule has 1 unspecified atom stereocenters. The van der Waals surface area contributed by atoms with Gasteiger partial charge in [0.25, 0.3) is 0 Å². The molecule has 1 N–H and O–H groups in total. The third-order valence-electron chi connectivity index (χ3n) is 2.27. The van der Waals surface area contributed by atoms with E-state index in [1.165, 1.54) is 0 Å². The fourth-order valence-electron chi connectivity index (χ4n) is 1.63. The van der Waals surface area contributed by atoms with Crippen LogP contribution in [0.25, 0.3) is 0 Å². The van der Waals surface area contributed by atoms with Gasteiger partial charge in [-0.15, -0.1) is 6.58 Å². The molecule has 0 aliphatic carbocycles. The van der Waals surface area contributed by atoms with E-state index >= 15 is 0 Å². The molecule has 0 fully saturated rings. The number of hydrogen-bond acceptors (Lipinski definition) is 3. The molecule has 0 aromatic carbocycles. The molecule has 0 radical (unpaired) electrons. The molecule has 3 heteroatoms. The minimum atomic E-state index is 0.419. The molecule has 1 atom stereocenters. The molecule has 14 heavy (non-hydrogen) atoms. The van der Waals surface area contributed by atoms with Crippen molar-refractivity contribution in [2.75, 3.05) is 33.9 Å². The second-order valence-corrected chi connectivity index (χ2v) is 3.75. The lowest BCUT2D eigenvalue weighted by Crippen LogP contribution is -2.47. The molecule has 0 aromatic heterocycles. The third kappa shape index (κ3) is 4.74. The van der Waals surface area contributed by atoms with Gasteiger partial charge in [-0.1, -0.05) is 6.08 Å². The molecular weight excluding hydrogens is 176 g/mol. The summed E-state index contributed by atoms with van der Waals surface area (Å²) in [5.74, 6) is 0. The first kappa shape index (κ1) is 13.6. The monoisotopic (exact) mass is 200 g/mol. The Morgan fingerprint density at radius 1 is 1.50 bits per heavy atom. The van der Waals surface area contributed by atoms with E-state index < -0.39 is 0 Å². The molecular formula is C11H24N2O. The summed E-state index contributed by atoms with van der Waals surface area (Å²) in [4.78, 5) is 2.38. The molecule has 0 bridgehead atoms. The van der Waals surface area contributed by atoms with Crippen LogP contribution in [0.2, 0.25) is 0 Å². The Hall–Kier alpha value is -0.380. The van der Waals surface area contributed by atoms with Crippen LogP contribution < -0.4 is 5.32 Å². The van der Waals surface area contributed by atoms with E-state index in [2.05, 4.69) is 30.6 Å². The Morgan fingerprint density at radius 3 is 2.50 bits per heavy atom. The zero-order chi connectivity index (χ0) is 11.0. The Bertz CT molecular complexity index is 142. The number of nitrogens with zero attached hydrogens (tertiary/aromatic N) is 1. The summed E-state index contributed by atoms with van der Waals surface area (Å²) in [7, 11) is 3.71. The molecule has 0 spiro atoms. The van der Waals surface area contributed by atoms with Gasteiger partial charge in [0.2, 0.25) is 0 Å². The minimum absolute atomic E-state index is 0.419. The Kier molecular flexibility index (Phi) is 7.76. The van der Waals surface area contributed by atoms with Gasteiger partial charge in [0.1, 0.15) is 0 Å². The van der Waals surface area contributed by atoms with Crippen molar-refractivity contribution in [3.8, 4) is 0 Å². The van der Waals surface area contributed by atoms with Crippen molar-refractivity contribution in [3.63, 3.8) is 0 Å². The predicted octanol–water partition coefficient (Wildman–Crippen LogP) is 1.12. The van der Waals surface area contributed by atoms with Crippen LogP contribution in [0, 0.1) is 0 Å². The van der Waals surface area contributed by atoms with E-state index in [1.54, 1.807) is 7.11 Å². The Balaban J connectivity index is 4.28. The highest BCUT2D eigenvalue weighted by atomic mass is 16.5. The average Bonchev–Trinajstić information content (AvgIpc) is 2.13. The van der Waals surface area contributed by atoms with Crippen molar-refractivity contribution in [1.29, 1.82) is 0 Å². The normalized spacial score (nSPS) is 13.6. The van der Waals surface area contributed by atoms with E-state index in [0.29, 0.717) is 12.1 Å². The summed E-state index contributed by atoms with van der Waals surface area (Å²) < 4.78 is 5.22. The van der Waals surface area contributed by atoms with Gasteiger partial charge in [0, 0.05) is 32.3 Å². The summed E-state index contributed by atoms with van der Waals surface area (Å²) in [5.41, 5.74) is 0. The van der Waals surface area contributed by atoms with Gasteiger partial charge >= 0.3 is 0 Å². The zero-order valence-corrected chi connectivity index (χ0v) is 9.92. The first-order chi connectivity index (χ1) is 6.67. The number of hydrogen-bond donors (Lipinski definition) is 1. The van der Waals surface area contributed by atoms with Crippen molar-refractivity contribution in [3.05, 3.63) is 12.7 Å². The third-order valence-corrected chi connectivity index (χ3v) is 2.27. The topological polar surface area (TPSA) is 24.5 Å². The van der Waals surface area contributed by atoms with Crippen LogP contribution in [0.1, 0.15) is 13.8 Å². The molecule has 0 heterocycles. The Labute approximate surface area is 88.1 Å². The van der Waals surface area contributed by atoms with E-state index in [-0.39, 0.29) is 0 Å². The number of ether oxygens (including phenoxy) is 1. The van der Waals surface area contributed by atoms with Crippen LogP contribution in [0.5, 0.6) is 0 Å². The highest BCUT2D eigenvalue weighted by Crippen LogP contribution is 2.05. The van der Waals surface area contributed by atoms with Crippen molar-refractivity contribution in [1.82, 2.24) is 10.2 Å². The number of methoxy groups -OCH3 is 1. The molecule has 0 rings (SSSR count). The highest BCUT2D eigenvalue weighted by Gasteiger charge is 2.18. The van der Waals surface area contributed by atoms with Crippen LogP contribution in [0.15, 0.2) is 12.7 Å². The number of nitrogens with one attached hydrogen (secondary N) is 1. The summed E-state index contributed by atoms with van der Waals surface area (Å²) in [6.07, 6.45) is 1.94. The molecule has 84 valence electrons. The summed E-state index contributed by atoms with van der Waals surface area (Å²) in [6.45, 7) is 10.8. The number of likely N-dealkylation sites (N-methyl/N-ethyl adjacent to an activating group) is 1. The fourth-order valence-corrected chi connectivity index (χ4v) is 1.63. The van der Waals surface area contributed by atoms with Gasteiger partial charge in [0.15, 0.2) is 0 Å². The maximum atomic E-state index is 5.22. The first-order valence-electron chi connectivity index (χ1n) is 5.17. The van der Waals surface area contributed by atoms with Crippen LogP contribution in [0.3, 0.4) is 0 Å². The maximum Gasteiger partial charge on any atom is 0.0630 e. The fraction of sp³-hybridized carbons (Fsp3) is 0.818. The molecule has 3 nitrogen and oxygen atoms in total. The van der Waals surface area contributed by atoms with Gasteiger partial charge in [-0.2, -0.15) is 0 Å². The van der Waals surface area contributed by atoms with Crippen molar-refractivity contribution < 1.29 is 4.74 Å². The smallest absolute Gasteiger partial charge is 0.0630 e. The van der Waals surface area contributed by atoms with E-state index in [9.17, 15) is 0 Å². The SMILES string of the molecule is C=CCN(C(C)C)C(CNC)COC. The van der Waals surface area contributed by atoms with E-state index in [4.69, 9.17) is 4.74 Å². The summed E-state index contributed by atoms with van der Waals surface area (Å²) >= 11 is 0. The maximum absolute atomic E-state index is 5.22. The standard InChI is InChI=1S/C11H24N2O/c1-6-7-13(10(2)3)11(8-12-4)9-14-5/h6,10-12H,1,7-9H2,2-5H3. The van der Waals surface area contributed by atoms with Crippen molar-refractivity contribution in [2.24, 2.45) is 0 Å². The predicted molar refractivity (Wildman–Crippen MR) is 61.6 cm³/mol. The Morgan fingerprint density at radius 2 is 2.14 bits per heavy atom. The van der Waals surface area contributed by atoms with E-state index in [0.717, 1.165) is 19.7 Å². The van der Waals surface area contributed by atoms with Crippen LogP contribution in [0.4, 0.5) is 0 Å². The highest BCUT2D eigenvalue weighted by molar-refractivity contribution is 4.82.